The molecule has 1 unspecified atom stereocenters. The Morgan fingerprint density at radius 2 is 1.88 bits per heavy atom. The van der Waals surface area contributed by atoms with E-state index in [4.69, 9.17) is 0 Å². The van der Waals surface area contributed by atoms with Crippen LogP contribution in [0.2, 0.25) is 0 Å². The standard InChI is InChI=1S/C19H17N3O2S2/c1-11-14-15(16(26-11)18(24)20-12-7-4-3-5-8-12)21-19(2,22-17(14)23)13-9-6-10-25-13/h3-10,21H,1-2H3,(H,20,24)(H,22,23). The summed E-state index contributed by atoms with van der Waals surface area (Å²) in [4.78, 5) is 27.9. The molecule has 132 valence electrons. The maximum atomic E-state index is 12.8. The second-order valence-corrected chi connectivity index (χ2v) is 8.41. The van der Waals surface area contributed by atoms with E-state index in [1.807, 2.05) is 61.7 Å². The molecule has 1 atom stereocenters. The molecule has 1 aliphatic rings. The van der Waals surface area contributed by atoms with E-state index in [1.165, 1.54) is 11.3 Å². The van der Waals surface area contributed by atoms with Crippen LogP contribution in [0.1, 0.15) is 36.7 Å². The number of carbonyl (C=O) groups is 2. The van der Waals surface area contributed by atoms with E-state index < -0.39 is 5.66 Å². The van der Waals surface area contributed by atoms with Crippen molar-refractivity contribution in [3.8, 4) is 0 Å². The lowest BCUT2D eigenvalue weighted by Crippen LogP contribution is -2.52. The van der Waals surface area contributed by atoms with Gasteiger partial charge in [0.1, 0.15) is 10.5 Å². The summed E-state index contributed by atoms with van der Waals surface area (Å²) in [5, 5.41) is 11.3. The number of thiophene rings is 2. The van der Waals surface area contributed by atoms with Crippen molar-refractivity contribution in [2.45, 2.75) is 19.5 Å². The zero-order chi connectivity index (χ0) is 18.3. The number of fused-ring (bicyclic) bond motifs is 1. The highest BCUT2D eigenvalue weighted by atomic mass is 32.1. The average Bonchev–Trinajstić information content (AvgIpc) is 3.24. The van der Waals surface area contributed by atoms with Crippen molar-refractivity contribution in [3.63, 3.8) is 0 Å². The molecule has 0 radical (unpaired) electrons. The Kier molecular flexibility index (Phi) is 4.05. The number of anilines is 2. The first-order valence-electron chi connectivity index (χ1n) is 8.12. The summed E-state index contributed by atoms with van der Waals surface area (Å²) in [7, 11) is 0. The van der Waals surface area contributed by atoms with Crippen LogP contribution in [-0.4, -0.2) is 11.8 Å². The van der Waals surface area contributed by atoms with Gasteiger partial charge in [-0.1, -0.05) is 24.3 Å². The van der Waals surface area contributed by atoms with E-state index in [0.717, 1.165) is 15.4 Å². The van der Waals surface area contributed by atoms with Crippen LogP contribution in [0.25, 0.3) is 0 Å². The molecule has 4 rings (SSSR count). The Labute approximate surface area is 159 Å². The summed E-state index contributed by atoms with van der Waals surface area (Å²) in [6, 6.07) is 13.2. The number of carbonyl (C=O) groups excluding carboxylic acids is 2. The molecule has 0 fully saturated rings. The largest absolute Gasteiger partial charge is 0.357 e. The minimum absolute atomic E-state index is 0.165. The highest BCUT2D eigenvalue weighted by Gasteiger charge is 2.40. The Morgan fingerprint density at radius 3 is 2.58 bits per heavy atom. The smallest absolute Gasteiger partial charge is 0.267 e. The number of amides is 2. The molecule has 0 saturated carbocycles. The molecular weight excluding hydrogens is 366 g/mol. The molecule has 0 aliphatic carbocycles. The second kappa shape index (κ2) is 6.26. The Morgan fingerprint density at radius 1 is 1.12 bits per heavy atom. The minimum Gasteiger partial charge on any atom is -0.357 e. The number of nitrogens with one attached hydrogen (secondary N) is 3. The molecule has 2 aromatic heterocycles. The van der Waals surface area contributed by atoms with Crippen LogP contribution in [0.5, 0.6) is 0 Å². The number of benzene rings is 1. The summed E-state index contributed by atoms with van der Waals surface area (Å²) in [6.07, 6.45) is 0. The predicted octanol–water partition coefficient (Wildman–Crippen LogP) is 4.40. The van der Waals surface area contributed by atoms with E-state index in [-0.39, 0.29) is 11.8 Å². The summed E-state index contributed by atoms with van der Waals surface area (Å²) in [6.45, 7) is 3.77. The first-order valence-corrected chi connectivity index (χ1v) is 9.82. The molecule has 3 heterocycles. The number of hydrogen-bond acceptors (Lipinski definition) is 5. The van der Waals surface area contributed by atoms with Crippen molar-refractivity contribution in [2.75, 3.05) is 10.6 Å². The maximum Gasteiger partial charge on any atom is 0.267 e. The fraction of sp³-hybridized carbons (Fsp3) is 0.158. The van der Waals surface area contributed by atoms with Gasteiger partial charge in [-0.3, -0.25) is 9.59 Å². The first-order chi connectivity index (χ1) is 12.5. The van der Waals surface area contributed by atoms with Gasteiger partial charge < -0.3 is 16.0 Å². The van der Waals surface area contributed by atoms with Gasteiger partial charge in [-0.15, -0.1) is 22.7 Å². The fourth-order valence-electron chi connectivity index (χ4n) is 3.06. The van der Waals surface area contributed by atoms with E-state index >= 15 is 0 Å². The van der Waals surface area contributed by atoms with Crippen molar-refractivity contribution < 1.29 is 9.59 Å². The first kappa shape index (κ1) is 16.8. The van der Waals surface area contributed by atoms with E-state index in [9.17, 15) is 9.59 Å². The Balaban J connectivity index is 1.73. The van der Waals surface area contributed by atoms with E-state index in [2.05, 4.69) is 16.0 Å². The maximum absolute atomic E-state index is 12.8. The zero-order valence-corrected chi connectivity index (χ0v) is 15.9. The average molecular weight is 383 g/mol. The number of para-hydroxylation sites is 1. The summed E-state index contributed by atoms with van der Waals surface area (Å²) < 4.78 is 0. The van der Waals surface area contributed by atoms with Gasteiger partial charge in [0.15, 0.2) is 0 Å². The summed E-state index contributed by atoms with van der Waals surface area (Å²) >= 11 is 2.88. The van der Waals surface area contributed by atoms with Crippen molar-refractivity contribution in [3.05, 3.63) is 68.0 Å². The van der Waals surface area contributed by atoms with Gasteiger partial charge in [0.2, 0.25) is 0 Å². The monoisotopic (exact) mass is 383 g/mol. The van der Waals surface area contributed by atoms with Gasteiger partial charge in [-0.05, 0) is 37.4 Å². The van der Waals surface area contributed by atoms with Gasteiger partial charge in [0.25, 0.3) is 11.8 Å². The lowest BCUT2D eigenvalue weighted by molar-refractivity contribution is 0.0908. The summed E-state index contributed by atoms with van der Waals surface area (Å²) in [5.41, 5.74) is 1.12. The minimum atomic E-state index is -0.743. The predicted molar refractivity (Wildman–Crippen MR) is 106 cm³/mol. The molecule has 0 saturated heterocycles. The molecule has 0 spiro atoms. The quantitative estimate of drug-likeness (QED) is 0.628. The molecule has 5 nitrogen and oxygen atoms in total. The van der Waals surface area contributed by atoms with E-state index in [1.54, 1.807) is 11.3 Å². The van der Waals surface area contributed by atoms with Crippen LogP contribution in [-0.2, 0) is 5.66 Å². The molecule has 1 aromatic carbocycles. The number of aryl methyl sites for hydroxylation is 1. The van der Waals surface area contributed by atoms with Crippen LogP contribution < -0.4 is 16.0 Å². The number of rotatable bonds is 3. The van der Waals surface area contributed by atoms with Gasteiger partial charge in [0.05, 0.1) is 11.3 Å². The van der Waals surface area contributed by atoms with Gasteiger partial charge in [-0.25, -0.2) is 0 Å². The summed E-state index contributed by atoms with van der Waals surface area (Å²) in [5.74, 6) is -0.386. The molecule has 0 bridgehead atoms. The van der Waals surface area contributed by atoms with Crippen LogP contribution in [0, 0.1) is 6.92 Å². The highest BCUT2D eigenvalue weighted by Crippen LogP contribution is 2.41. The van der Waals surface area contributed by atoms with Gasteiger partial charge >= 0.3 is 0 Å². The Bertz CT molecular complexity index is 980. The topological polar surface area (TPSA) is 70.2 Å². The third-order valence-corrected chi connectivity index (χ3v) is 6.50. The third kappa shape index (κ3) is 2.79. The highest BCUT2D eigenvalue weighted by molar-refractivity contribution is 7.15. The van der Waals surface area contributed by atoms with Gasteiger partial charge in [-0.2, -0.15) is 0 Å². The normalized spacial score (nSPS) is 18.6. The van der Waals surface area contributed by atoms with Crippen molar-refractivity contribution in [1.29, 1.82) is 0 Å². The van der Waals surface area contributed by atoms with Crippen LogP contribution in [0.15, 0.2) is 47.8 Å². The number of hydrogen-bond donors (Lipinski definition) is 3. The second-order valence-electron chi connectivity index (χ2n) is 6.24. The molecule has 3 aromatic rings. The Hall–Kier alpha value is -2.64. The van der Waals surface area contributed by atoms with Crippen molar-refractivity contribution >= 4 is 45.9 Å². The molecule has 7 heteroatoms. The van der Waals surface area contributed by atoms with Crippen LogP contribution in [0.3, 0.4) is 0 Å². The SMILES string of the molecule is Cc1sc(C(=O)Nc2ccccc2)c2c1C(=O)NC(C)(c1cccs1)N2. The third-order valence-electron chi connectivity index (χ3n) is 4.30. The lowest BCUT2D eigenvalue weighted by Gasteiger charge is -2.36. The zero-order valence-electron chi connectivity index (χ0n) is 14.3. The molecule has 1 aliphatic heterocycles. The van der Waals surface area contributed by atoms with Crippen LogP contribution >= 0.6 is 22.7 Å². The van der Waals surface area contributed by atoms with Gasteiger partial charge in [0, 0.05) is 15.4 Å². The molecular formula is C19H17N3O2S2. The fourth-order valence-corrected chi connectivity index (χ4v) is 4.86. The molecule has 26 heavy (non-hydrogen) atoms. The van der Waals surface area contributed by atoms with E-state index in [0.29, 0.717) is 16.1 Å². The van der Waals surface area contributed by atoms with Crippen LogP contribution in [0.4, 0.5) is 11.4 Å². The van der Waals surface area contributed by atoms with Crippen molar-refractivity contribution in [2.24, 2.45) is 0 Å². The molecule has 3 N–H and O–H groups in total. The molecule has 2 amide bonds. The van der Waals surface area contributed by atoms with Crippen molar-refractivity contribution in [1.82, 2.24) is 5.32 Å². The lowest BCUT2D eigenvalue weighted by atomic mass is 10.0.